The second kappa shape index (κ2) is 8.31. The zero-order chi connectivity index (χ0) is 19.4. The molecule has 1 N–H and O–H groups in total. The number of carbonyl (C=O) groups is 1. The number of hydrogen-bond donors (Lipinski definition) is 1. The van der Waals surface area contributed by atoms with Gasteiger partial charge in [-0.2, -0.15) is 0 Å². The Morgan fingerprint density at radius 3 is 2.36 bits per heavy atom. The molecular weight excluding hydrogens is 366 g/mol. The van der Waals surface area contributed by atoms with Gasteiger partial charge in [-0.3, -0.25) is 9.79 Å². The van der Waals surface area contributed by atoms with Crippen molar-refractivity contribution in [2.45, 2.75) is 38.3 Å². The fraction of sp³-hybridized carbons (Fsp3) is 0.348. The highest BCUT2D eigenvalue weighted by atomic mass is 32.2. The zero-order valence-corrected chi connectivity index (χ0v) is 16.9. The van der Waals surface area contributed by atoms with Gasteiger partial charge in [-0.15, -0.1) is 0 Å². The minimum Gasteiger partial charge on any atom is -0.325 e. The largest absolute Gasteiger partial charge is 0.325 e. The maximum absolute atomic E-state index is 12.4. The number of aliphatic imine (C=N–C) groups is 2. The SMILES string of the molecule is CC1CCC2(CC1)N=C(SCC(=O)Nc1ccccc1)C(c1ccccc1)=N2. The molecule has 2 aromatic carbocycles. The maximum atomic E-state index is 12.4. The fourth-order valence-corrected chi connectivity index (χ4v) is 4.58. The van der Waals surface area contributed by atoms with Crippen molar-refractivity contribution < 1.29 is 4.79 Å². The molecule has 4 rings (SSSR count). The molecule has 0 aromatic heterocycles. The summed E-state index contributed by atoms with van der Waals surface area (Å²) in [6.07, 6.45) is 4.29. The van der Waals surface area contributed by atoms with Crippen molar-refractivity contribution in [3.05, 3.63) is 66.2 Å². The topological polar surface area (TPSA) is 53.8 Å². The first-order valence-electron chi connectivity index (χ1n) is 9.87. The van der Waals surface area contributed by atoms with Crippen molar-refractivity contribution in [3.8, 4) is 0 Å². The molecule has 2 aromatic rings. The van der Waals surface area contributed by atoms with E-state index in [-0.39, 0.29) is 11.6 Å². The van der Waals surface area contributed by atoms with E-state index in [1.54, 1.807) is 0 Å². The normalized spacial score (nSPS) is 24.0. The Labute approximate surface area is 170 Å². The van der Waals surface area contributed by atoms with Crippen LogP contribution in [0.2, 0.25) is 0 Å². The van der Waals surface area contributed by atoms with Gasteiger partial charge >= 0.3 is 0 Å². The summed E-state index contributed by atoms with van der Waals surface area (Å²) in [6.45, 7) is 2.30. The Balaban J connectivity index is 1.50. The van der Waals surface area contributed by atoms with Crippen molar-refractivity contribution in [2.24, 2.45) is 15.9 Å². The predicted octanol–water partition coefficient (Wildman–Crippen LogP) is 5.17. The molecule has 4 nitrogen and oxygen atoms in total. The first-order valence-corrected chi connectivity index (χ1v) is 10.9. The van der Waals surface area contributed by atoms with E-state index in [1.807, 2.05) is 48.5 Å². The van der Waals surface area contributed by atoms with Crippen LogP contribution in [0.4, 0.5) is 5.69 Å². The Kier molecular flexibility index (Phi) is 5.62. The van der Waals surface area contributed by atoms with Gasteiger partial charge in [-0.1, -0.05) is 67.2 Å². The van der Waals surface area contributed by atoms with Crippen molar-refractivity contribution >= 4 is 34.1 Å². The molecule has 0 atom stereocenters. The monoisotopic (exact) mass is 391 g/mol. The smallest absolute Gasteiger partial charge is 0.234 e. The van der Waals surface area contributed by atoms with Gasteiger partial charge in [0.25, 0.3) is 0 Å². The quantitative estimate of drug-likeness (QED) is 0.782. The molecule has 1 fully saturated rings. The van der Waals surface area contributed by atoms with Gasteiger partial charge in [0.2, 0.25) is 5.91 Å². The van der Waals surface area contributed by atoms with Crippen LogP contribution in [-0.4, -0.2) is 28.1 Å². The lowest BCUT2D eigenvalue weighted by Gasteiger charge is -2.30. The highest BCUT2D eigenvalue weighted by Gasteiger charge is 2.39. The van der Waals surface area contributed by atoms with Crippen molar-refractivity contribution in [1.82, 2.24) is 0 Å². The van der Waals surface area contributed by atoms with Crippen LogP contribution in [0.1, 0.15) is 38.2 Å². The molecule has 1 aliphatic heterocycles. The Morgan fingerprint density at radius 2 is 1.68 bits per heavy atom. The number of amides is 1. The molecule has 5 heteroatoms. The van der Waals surface area contributed by atoms with Crippen LogP contribution < -0.4 is 5.32 Å². The van der Waals surface area contributed by atoms with Crippen LogP contribution in [0.25, 0.3) is 0 Å². The Hall–Kier alpha value is -2.40. The summed E-state index contributed by atoms with van der Waals surface area (Å²) in [5.41, 5.74) is 2.51. The van der Waals surface area contributed by atoms with Crippen molar-refractivity contribution in [2.75, 3.05) is 11.1 Å². The van der Waals surface area contributed by atoms with Crippen LogP contribution in [0.5, 0.6) is 0 Å². The van der Waals surface area contributed by atoms with E-state index >= 15 is 0 Å². The molecule has 0 saturated heterocycles. The molecule has 0 unspecified atom stereocenters. The van der Waals surface area contributed by atoms with E-state index < -0.39 is 0 Å². The minimum atomic E-state index is -0.323. The van der Waals surface area contributed by atoms with E-state index in [1.165, 1.54) is 11.8 Å². The number of anilines is 1. The van der Waals surface area contributed by atoms with E-state index in [2.05, 4.69) is 24.4 Å². The maximum Gasteiger partial charge on any atom is 0.234 e. The molecule has 0 bridgehead atoms. The lowest BCUT2D eigenvalue weighted by Crippen LogP contribution is -2.28. The second-order valence-corrected chi connectivity index (χ2v) is 8.58. The summed E-state index contributed by atoms with van der Waals surface area (Å²) >= 11 is 1.49. The van der Waals surface area contributed by atoms with Gasteiger partial charge in [0.1, 0.15) is 5.04 Å². The highest BCUT2D eigenvalue weighted by Crippen LogP contribution is 2.40. The lowest BCUT2D eigenvalue weighted by molar-refractivity contribution is -0.113. The summed E-state index contributed by atoms with van der Waals surface area (Å²) in [5, 5.41) is 3.84. The lowest BCUT2D eigenvalue weighted by atomic mass is 9.83. The third-order valence-corrected chi connectivity index (χ3v) is 6.32. The van der Waals surface area contributed by atoms with E-state index in [4.69, 9.17) is 9.98 Å². The van der Waals surface area contributed by atoms with E-state index in [0.717, 1.165) is 53.6 Å². The molecule has 1 saturated carbocycles. The predicted molar refractivity (Wildman–Crippen MR) is 118 cm³/mol. The third-order valence-electron chi connectivity index (χ3n) is 5.35. The average Bonchev–Trinajstić information content (AvgIpc) is 3.09. The second-order valence-electron chi connectivity index (χ2n) is 7.61. The number of nitrogens with zero attached hydrogens (tertiary/aromatic N) is 2. The number of thioether (sulfide) groups is 1. The van der Waals surface area contributed by atoms with E-state index in [9.17, 15) is 4.79 Å². The van der Waals surface area contributed by atoms with Crippen molar-refractivity contribution in [1.29, 1.82) is 0 Å². The first-order chi connectivity index (χ1) is 13.6. The number of carbonyl (C=O) groups excluding carboxylic acids is 1. The molecule has 0 radical (unpaired) electrons. The Bertz CT molecular complexity index is 885. The van der Waals surface area contributed by atoms with Crippen LogP contribution >= 0.6 is 11.8 Å². The summed E-state index contributed by atoms with van der Waals surface area (Å²) in [5.74, 6) is 1.04. The van der Waals surface area contributed by atoms with Crippen LogP contribution in [0, 0.1) is 5.92 Å². The number of nitrogens with one attached hydrogen (secondary N) is 1. The fourth-order valence-electron chi connectivity index (χ4n) is 3.71. The highest BCUT2D eigenvalue weighted by molar-refractivity contribution is 8.16. The zero-order valence-electron chi connectivity index (χ0n) is 16.1. The molecule has 144 valence electrons. The number of rotatable bonds is 4. The van der Waals surface area contributed by atoms with Gasteiger partial charge in [-0.05, 0) is 43.7 Å². The molecule has 1 heterocycles. The van der Waals surface area contributed by atoms with Gasteiger partial charge < -0.3 is 5.32 Å². The molecule has 1 amide bonds. The number of hydrogen-bond acceptors (Lipinski definition) is 4. The number of benzene rings is 2. The minimum absolute atomic E-state index is 0.0236. The molecule has 2 aliphatic rings. The molecule has 28 heavy (non-hydrogen) atoms. The summed E-state index contributed by atoms with van der Waals surface area (Å²) in [6, 6.07) is 19.8. The van der Waals surface area contributed by atoms with Gasteiger partial charge in [0.15, 0.2) is 5.66 Å². The third kappa shape index (κ3) is 4.36. The summed E-state index contributed by atoms with van der Waals surface area (Å²) in [7, 11) is 0. The Morgan fingerprint density at radius 1 is 1.04 bits per heavy atom. The van der Waals surface area contributed by atoms with Gasteiger partial charge in [0, 0.05) is 11.3 Å². The molecule has 1 spiro atoms. The summed E-state index contributed by atoms with van der Waals surface area (Å²) < 4.78 is 0. The molecule has 1 aliphatic carbocycles. The van der Waals surface area contributed by atoms with Gasteiger partial charge in [0.05, 0.1) is 11.5 Å². The summed E-state index contributed by atoms with van der Waals surface area (Å²) in [4.78, 5) is 22.5. The van der Waals surface area contributed by atoms with Crippen LogP contribution in [-0.2, 0) is 4.79 Å². The van der Waals surface area contributed by atoms with Crippen LogP contribution in [0.15, 0.2) is 70.6 Å². The molecular formula is C23H25N3OS. The van der Waals surface area contributed by atoms with Crippen LogP contribution in [0.3, 0.4) is 0 Å². The standard InChI is InChI=1S/C23H25N3OS/c1-17-12-14-23(15-13-17)25-21(18-8-4-2-5-9-18)22(26-23)28-16-20(27)24-19-10-6-3-7-11-19/h2-11,17H,12-16H2,1H3,(H,24,27). The van der Waals surface area contributed by atoms with Gasteiger partial charge in [-0.25, -0.2) is 4.99 Å². The first kappa shape index (κ1) is 18.9. The van der Waals surface area contributed by atoms with E-state index in [0.29, 0.717) is 5.75 Å². The van der Waals surface area contributed by atoms with Crippen molar-refractivity contribution in [3.63, 3.8) is 0 Å². The number of para-hydroxylation sites is 1. The average molecular weight is 392 g/mol.